The summed E-state index contributed by atoms with van der Waals surface area (Å²) in [4.78, 5) is 2.36. The van der Waals surface area contributed by atoms with Crippen molar-refractivity contribution in [3.05, 3.63) is 67.6 Å². The minimum absolute atomic E-state index is 0.0481. The van der Waals surface area contributed by atoms with Crippen molar-refractivity contribution in [2.24, 2.45) is 0 Å². The highest BCUT2D eigenvalue weighted by atomic mass is 35.5. The molecule has 0 amide bonds. The third kappa shape index (κ3) is 3.79. The lowest BCUT2D eigenvalue weighted by molar-refractivity contribution is 0.198. The lowest BCUT2D eigenvalue weighted by Crippen LogP contribution is -2.45. The van der Waals surface area contributed by atoms with Crippen LogP contribution in [0, 0.1) is 0 Å². The van der Waals surface area contributed by atoms with Crippen LogP contribution in [0.4, 0.5) is 0 Å². The van der Waals surface area contributed by atoms with Gasteiger partial charge in [-0.1, -0.05) is 64.6 Å². The monoisotopic (exact) mass is 388 g/mol. The Labute approximate surface area is 156 Å². The van der Waals surface area contributed by atoms with Gasteiger partial charge in [-0.05, 0) is 29.3 Å². The van der Waals surface area contributed by atoms with Crippen LogP contribution < -0.4 is 5.32 Å². The lowest BCUT2D eigenvalue weighted by Gasteiger charge is -2.36. The molecule has 0 radical (unpaired) electrons. The summed E-state index contributed by atoms with van der Waals surface area (Å²) in [6.07, 6.45) is 0. The molecule has 6 heteroatoms. The van der Waals surface area contributed by atoms with Crippen LogP contribution in [-0.4, -0.2) is 31.1 Å². The fraction of sp³-hybridized carbons (Fsp3) is 0.294. The maximum absolute atomic E-state index is 6.50. The number of nitrogens with zero attached hydrogens (tertiary/aromatic N) is 1. The van der Waals surface area contributed by atoms with Gasteiger partial charge >= 0.3 is 0 Å². The molecule has 0 spiro atoms. The van der Waals surface area contributed by atoms with Crippen molar-refractivity contribution < 1.29 is 0 Å². The highest BCUT2D eigenvalue weighted by molar-refractivity contribution is 6.42. The minimum Gasteiger partial charge on any atom is -0.314 e. The average molecular weight is 390 g/mol. The van der Waals surface area contributed by atoms with Gasteiger partial charge in [-0.3, -0.25) is 4.90 Å². The van der Waals surface area contributed by atoms with Gasteiger partial charge < -0.3 is 5.32 Å². The van der Waals surface area contributed by atoms with E-state index in [1.165, 1.54) is 0 Å². The number of benzene rings is 2. The Morgan fingerprint density at radius 1 is 0.870 bits per heavy atom. The molecule has 0 aromatic heterocycles. The summed E-state index contributed by atoms with van der Waals surface area (Å²) in [7, 11) is 0. The minimum atomic E-state index is -0.0481. The molecule has 1 atom stereocenters. The van der Waals surface area contributed by atoms with Crippen LogP contribution in [0.5, 0.6) is 0 Å². The summed E-state index contributed by atoms with van der Waals surface area (Å²) in [6, 6.07) is 11.3. The molecule has 122 valence electrons. The zero-order valence-corrected chi connectivity index (χ0v) is 15.4. The summed E-state index contributed by atoms with van der Waals surface area (Å²) < 4.78 is 0. The summed E-state index contributed by atoms with van der Waals surface area (Å²) in [6.45, 7) is 3.68. The van der Waals surface area contributed by atoms with Gasteiger partial charge in [0.25, 0.3) is 0 Å². The third-order valence-electron chi connectivity index (χ3n) is 4.05. The largest absolute Gasteiger partial charge is 0.314 e. The maximum Gasteiger partial charge on any atom is 0.0643 e. The Hall–Kier alpha value is -0.480. The lowest BCUT2D eigenvalue weighted by atomic mass is 9.96. The van der Waals surface area contributed by atoms with Gasteiger partial charge in [-0.15, -0.1) is 0 Å². The van der Waals surface area contributed by atoms with E-state index < -0.39 is 0 Å². The van der Waals surface area contributed by atoms with Gasteiger partial charge in [-0.2, -0.15) is 0 Å². The second kappa shape index (κ2) is 7.60. The van der Waals surface area contributed by atoms with Crippen LogP contribution in [0.3, 0.4) is 0 Å². The van der Waals surface area contributed by atoms with E-state index in [2.05, 4.69) is 10.2 Å². The van der Waals surface area contributed by atoms with E-state index in [0.29, 0.717) is 20.1 Å². The van der Waals surface area contributed by atoms with E-state index in [1.807, 2.05) is 24.3 Å². The van der Waals surface area contributed by atoms with E-state index in [4.69, 9.17) is 46.4 Å². The van der Waals surface area contributed by atoms with E-state index >= 15 is 0 Å². The molecular weight excluding hydrogens is 374 g/mol. The maximum atomic E-state index is 6.50. The normalized spacial score (nSPS) is 17.2. The van der Waals surface area contributed by atoms with Gasteiger partial charge in [0.05, 0.1) is 16.1 Å². The summed E-state index contributed by atoms with van der Waals surface area (Å²) in [5.74, 6) is 0. The summed E-state index contributed by atoms with van der Waals surface area (Å²) in [5, 5.41) is 5.75. The van der Waals surface area contributed by atoms with Crippen LogP contribution in [0.15, 0.2) is 36.4 Å². The molecule has 0 saturated carbocycles. The first-order valence-corrected chi connectivity index (χ1v) is 8.92. The second-order valence-corrected chi connectivity index (χ2v) is 7.13. The topological polar surface area (TPSA) is 15.3 Å². The highest BCUT2D eigenvalue weighted by Crippen LogP contribution is 2.39. The molecule has 1 aliphatic heterocycles. The molecule has 1 fully saturated rings. The Bertz CT molecular complexity index is 699. The first kappa shape index (κ1) is 17.3. The molecule has 1 saturated heterocycles. The number of halogens is 4. The molecule has 2 aromatic carbocycles. The molecule has 1 N–H and O–H groups in total. The second-order valence-electron chi connectivity index (χ2n) is 5.50. The van der Waals surface area contributed by atoms with Crippen LogP contribution in [0.2, 0.25) is 20.1 Å². The third-order valence-corrected chi connectivity index (χ3v) is 5.45. The molecule has 1 aliphatic rings. The smallest absolute Gasteiger partial charge is 0.0643 e. The number of piperazine rings is 1. The molecule has 2 nitrogen and oxygen atoms in total. The SMILES string of the molecule is Clc1ccc(C(c2cccc(Cl)c2Cl)N2CCNCC2)c(Cl)c1. The predicted molar refractivity (Wildman–Crippen MR) is 99.2 cm³/mol. The Balaban J connectivity index is 2.11. The van der Waals surface area contributed by atoms with Crippen molar-refractivity contribution in [2.45, 2.75) is 6.04 Å². The van der Waals surface area contributed by atoms with Crippen molar-refractivity contribution in [3.8, 4) is 0 Å². The van der Waals surface area contributed by atoms with Gasteiger partial charge in [0.2, 0.25) is 0 Å². The molecule has 0 bridgehead atoms. The number of rotatable bonds is 3. The highest BCUT2D eigenvalue weighted by Gasteiger charge is 2.28. The Kier molecular flexibility index (Phi) is 5.74. The quantitative estimate of drug-likeness (QED) is 0.766. The van der Waals surface area contributed by atoms with Crippen LogP contribution in [0.25, 0.3) is 0 Å². The molecule has 1 heterocycles. The zero-order valence-electron chi connectivity index (χ0n) is 12.3. The Morgan fingerprint density at radius 2 is 1.61 bits per heavy atom. The first-order chi connectivity index (χ1) is 11.1. The zero-order chi connectivity index (χ0) is 16.4. The van der Waals surface area contributed by atoms with Gasteiger partial charge in [0.1, 0.15) is 0 Å². The number of nitrogens with one attached hydrogen (secondary N) is 1. The van der Waals surface area contributed by atoms with E-state index in [0.717, 1.165) is 37.3 Å². The van der Waals surface area contributed by atoms with Crippen molar-refractivity contribution in [2.75, 3.05) is 26.2 Å². The summed E-state index contributed by atoms with van der Waals surface area (Å²) >= 11 is 25.3. The summed E-state index contributed by atoms with van der Waals surface area (Å²) in [5.41, 5.74) is 1.95. The van der Waals surface area contributed by atoms with Crippen molar-refractivity contribution in [1.82, 2.24) is 10.2 Å². The first-order valence-electron chi connectivity index (χ1n) is 7.41. The molecule has 23 heavy (non-hydrogen) atoms. The number of hydrogen-bond acceptors (Lipinski definition) is 2. The molecular formula is C17H16Cl4N2. The van der Waals surface area contributed by atoms with Gasteiger partial charge in [0.15, 0.2) is 0 Å². The predicted octanol–water partition coefficient (Wildman–Crippen LogP) is 5.29. The molecule has 1 unspecified atom stereocenters. The van der Waals surface area contributed by atoms with E-state index in [9.17, 15) is 0 Å². The number of hydrogen-bond donors (Lipinski definition) is 1. The van der Waals surface area contributed by atoms with Gasteiger partial charge in [0, 0.05) is 36.2 Å². The van der Waals surface area contributed by atoms with Crippen molar-refractivity contribution in [1.29, 1.82) is 0 Å². The van der Waals surface area contributed by atoms with Crippen LogP contribution >= 0.6 is 46.4 Å². The average Bonchev–Trinajstić information content (AvgIpc) is 2.54. The van der Waals surface area contributed by atoms with Crippen LogP contribution in [-0.2, 0) is 0 Å². The fourth-order valence-corrected chi connectivity index (χ4v) is 3.88. The molecule has 2 aromatic rings. The standard InChI is InChI=1S/C17H16Cl4N2/c18-11-4-5-12(15(20)10-11)17(23-8-6-22-7-9-23)13-2-1-3-14(19)16(13)21/h1-5,10,17,22H,6-9H2. The molecule has 3 rings (SSSR count). The Morgan fingerprint density at radius 3 is 2.30 bits per heavy atom. The van der Waals surface area contributed by atoms with Gasteiger partial charge in [-0.25, -0.2) is 0 Å². The van der Waals surface area contributed by atoms with Crippen LogP contribution in [0.1, 0.15) is 17.2 Å². The van der Waals surface area contributed by atoms with E-state index in [-0.39, 0.29) is 6.04 Å². The van der Waals surface area contributed by atoms with Crippen molar-refractivity contribution >= 4 is 46.4 Å². The van der Waals surface area contributed by atoms with E-state index in [1.54, 1.807) is 12.1 Å². The molecule has 0 aliphatic carbocycles. The van der Waals surface area contributed by atoms with Crippen molar-refractivity contribution in [3.63, 3.8) is 0 Å². The fourth-order valence-electron chi connectivity index (χ4n) is 2.96.